The molecule has 0 aromatic carbocycles. The van der Waals surface area contributed by atoms with Crippen molar-refractivity contribution in [3.05, 3.63) is 18.0 Å². The zero-order valence-electron chi connectivity index (χ0n) is 11.1. The third-order valence-corrected chi connectivity index (χ3v) is 2.82. The first-order valence-corrected chi connectivity index (χ1v) is 6.28. The van der Waals surface area contributed by atoms with Gasteiger partial charge in [-0.15, -0.1) is 15.3 Å². The predicted molar refractivity (Wildman–Crippen MR) is 69.9 cm³/mol. The van der Waals surface area contributed by atoms with Crippen LogP contribution in [0.3, 0.4) is 0 Å². The first-order chi connectivity index (χ1) is 8.76. The van der Waals surface area contributed by atoms with Gasteiger partial charge in [0.25, 0.3) is 0 Å². The van der Waals surface area contributed by atoms with Gasteiger partial charge in [-0.1, -0.05) is 0 Å². The Hall–Kier alpha value is -1.69. The molecule has 0 spiro atoms. The molecule has 0 saturated carbocycles. The second kappa shape index (κ2) is 5.77. The van der Waals surface area contributed by atoms with E-state index in [4.69, 9.17) is 4.74 Å². The lowest BCUT2D eigenvalue weighted by Crippen LogP contribution is -2.28. The monoisotopic (exact) mass is 249 g/mol. The lowest BCUT2D eigenvalue weighted by atomic mass is 10.4. The summed E-state index contributed by atoms with van der Waals surface area (Å²) in [5.41, 5.74) is 0.775. The number of anilines is 1. The first-order valence-electron chi connectivity index (χ1n) is 6.28. The molecule has 0 aliphatic rings. The maximum absolute atomic E-state index is 5.38. The van der Waals surface area contributed by atoms with Crippen LogP contribution in [0.5, 0.6) is 0 Å². The lowest BCUT2D eigenvalue weighted by Gasteiger charge is -2.21. The smallest absolute Gasteiger partial charge is 0.178 e. The minimum atomic E-state index is 0.714. The average Bonchev–Trinajstić information content (AvgIpc) is 2.76. The third-order valence-electron chi connectivity index (χ3n) is 2.82. The van der Waals surface area contributed by atoms with Crippen LogP contribution >= 0.6 is 0 Å². The number of ether oxygens (including phenoxy) is 1. The van der Waals surface area contributed by atoms with Gasteiger partial charge in [0.2, 0.25) is 0 Å². The normalized spacial score (nSPS) is 11.1. The van der Waals surface area contributed by atoms with E-state index in [2.05, 4.69) is 27.1 Å². The molecule has 0 fully saturated rings. The van der Waals surface area contributed by atoms with Crippen LogP contribution in [0.25, 0.3) is 5.65 Å². The van der Waals surface area contributed by atoms with Gasteiger partial charge in [0.1, 0.15) is 5.82 Å². The molecular formula is C12H19N5O. The molecule has 0 radical (unpaired) electrons. The SMILES string of the molecule is CCOCCN(CC)c1ccc2nnc(C)n2n1. The summed E-state index contributed by atoms with van der Waals surface area (Å²) < 4.78 is 7.15. The van der Waals surface area contributed by atoms with Gasteiger partial charge < -0.3 is 9.64 Å². The van der Waals surface area contributed by atoms with Crippen molar-refractivity contribution in [1.82, 2.24) is 19.8 Å². The molecule has 6 heteroatoms. The second-order valence-corrected chi connectivity index (χ2v) is 3.99. The van der Waals surface area contributed by atoms with Crippen molar-refractivity contribution in [2.75, 3.05) is 31.2 Å². The molecule has 2 aromatic rings. The summed E-state index contributed by atoms with van der Waals surface area (Å²) in [6.45, 7) is 9.20. The van der Waals surface area contributed by atoms with Crippen LogP contribution in [0, 0.1) is 6.92 Å². The highest BCUT2D eigenvalue weighted by atomic mass is 16.5. The van der Waals surface area contributed by atoms with Crippen LogP contribution in [0.4, 0.5) is 5.82 Å². The molecule has 18 heavy (non-hydrogen) atoms. The standard InChI is InChI=1S/C12H19N5O/c1-4-16(8-9-18-5-2)12-7-6-11-14-13-10(3)17(11)15-12/h6-7H,4-5,8-9H2,1-3H3. The highest BCUT2D eigenvalue weighted by Crippen LogP contribution is 2.11. The summed E-state index contributed by atoms with van der Waals surface area (Å²) in [6, 6.07) is 3.91. The van der Waals surface area contributed by atoms with Gasteiger partial charge in [-0.05, 0) is 32.9 Å². The Morgan fingerprint density at radius 3 is 2.83 bits per heavy atom. The fourth-order valence-corrected chi connectivity index (χ4v) is 1.81. The van der Waals surface area contributed by atoms with Crippen molar-refractivity contribution < 1.29 is 4.74 Å². The van der Waals surface area contributed by atoms with Crippen molar-refractivity contribution in [3.63, 3.8) is 0 Å². The van der Waals surface area contributed by atoms with Crippen molar-refractivity contribution >= 4 is 11.5 Å². The second-order valence-electron chi connectivity index (χ2n) is 3.99. The molecule has 0 aliphatic heterocycles. The molecule has 2 rings (SSSR count). The molecular weight excluding hydrogens is 230 g/mol. The van der Waals surface area contributed by atoms with Crippen LogP contribution in [-0.4, -0.2) is 46.1 Å². The van der Waals surface area contributed by atoms with E-state index in [1.54, 1.807) is 4.52 Å². The Kier molecular flexibility index (Phi) is 4.09. The quantitative estimate of drug-likeness (QED) is 0.722. The number of fused-ring (bicyclic) bond motifs is 1. The molecule has 0 bridgehead atoms. The van der Waals surface area contributed by atoms with Crippen LogP contribution < -0.4 is 4.90 Å². The van der Waals surface area contributed by atoms with E-state index in [0.29, 0.717) is 6.61 Å². The molecule has 0 N–H and O–H groups in total. The number of rotatable bonds is 6. The molecule has 2 heterocycles. The molecule has 6 nitrogen and oxygen atoms in total. The Balaban J connectivity index is 2.19. The van der Waals surface area contributed by atoms with Gasteiger partial charge in [-0.25, -0.2) is 0 Å². The summed E-state index contributed by atoms with van der Waals surface area (Å²) >= 11 is 0. The largest absolute Gasteiger partial charge is 0.380 e. The molecule has 0 saturated heterocycles. The topological polar surface area (TPSA) is 55.5 Å². The maximum Gasteiger partial charge on any atom is 0.178 e. The molecule has 98 valence electrons. The highest BCUT2D eigenvalue weighted by Gasteiger charge is 2.08. The first kappa shape index (κ1) is 12.8. The van der Waals surface area contributed by atoms with Crippen LogP contribution in [0.2, 0.25) is 0 Å². The van der Waals surface area contributed by atoms with Gasteiger partial charge in [-0.2, -0.15) is 4.52 Å². The maximum atomic E-state index is 5.38. The summed E-state index contributed by atoms with van der Waals surface area (Å²) in [7, 11) is 0. The van der Waals surface area contributed by atoms with E-state index in [-0.39, 0.29) is 0 Å². The fourth-order valence-electron chi connectivity index (χ4n) is 1.81. The number of aryl methyl sites for hydroxylation is 1. The minimum absolute atomic E-state index is 0.714. The van der Waals surface area contributed by atoms with Crippen molar-refractivity contribution in [2.24, 2.45) is 0 Å². The van der Waals surface area contributed by atoms with Crippen molar-refractivity contribution in [3.8, 4) is 0 Å². The Labute approximate surface area is 107 Å². The molecule has 0 aliphatic carbocycles. The number of aromatic nitrogens is 4. The van der Waals surface area contributed by atoms with E-state index in [0.717, 1.165) is 37.0 Å². The van der Waals surface area contributed by atoms with E-state index in [1.165, 1.54) is 0 Å². The average molecular weight is 249 g/mol. The summed E-state index contributed by atoms with van der Waals surface area (Å²) in [5, 5.41) is 12.6. The lowest BCUT2D eigenvalue weighted by molar-refractivity contribution is 0.154. The highest BCUT2D eigenvalue weighted by molar-refractivity contribution is 5.45. The van der Waals surface area contributed by atoms with Crippen LogP contribution in [0.1, 0.15) is 19.7 Å². The van der Waals surface area contributed by atoms with Crippen molar-refractivity contribution in [2.45, 2.75) is 20.8 Å². The van der Waals surface area contributed by atoms with E-state index in [9.17, 15) is 0 Å². The van der Waals surface area contributed by atoms with Crippen LogP contribution in [0.15, 0.2) is 12.1 Å². The summed E-state index contributed by atoms with van der Waals surface area (Å²) in [4.78, 5) is 2.18. The zero-order chi connectivity index (χ0) is 13.0. The van der Waals surface area contributed by atoms with Crippen LogP contribution in [-0.2, 0) is 4.74 Å². The molecule has 0 amide bonds. The third kappa shape index (κ3) is 2.59. The molecule has 2 aromatic heterocycles. The number of hydrogen-bond acceptors (Lipinski definition) is 5. The predicted octanol–water partition coefficient (Wildman–Crippen LogP) is 1.30. The minimum Gasteiger partial charge on any atom is -0.380 e. The summed E-state index contributed by atoms with van der Waals surface area (Å²) in [5.74, 6) is 1.72. The Morgan fingerprint density at radius 2 is 2.11 bits per heavy atom. The van der Waals surface area contributed by atoms with Gasteiger partial charge >= 0.3 is 0 Å². The van der Waals surface area contributed by atoms with Gasteiger partial charge in [0.15, 0.2) is 11.5 Å². The zero-order valence-corrected chi connectivity index (χ0v) is 11.1. The molecule has 0 unspecified atom stereocenters. The number of likely N-dealkylation sites (N-methyl/N-ethyl adjacent to an activating group) is 1. The molecule has 0 atom stereocenters. The van der Waals surface area contributed by atoms with E-state index in [1.807, 2.05) is 26.0 Å². The van der Waals surface area contributed by atoms with Gasteiger partial charge in [-0.3, -0.25) is 0 Å². The fraction of sp³-hybridized carbons (Fsp3) is 0.583. The van der Waals surface area contributed by atoms with Crippen molar-refractivity contribution in [1.29, 1.82) is 0 Å². The Morgan fingerprint density at radius 1 is 1.28 bits per heavy atom. The van der Waals surface area contributed by atoms with Gasteiger partial charge in [0.05, 0.1) is 6.61 Å². The van der Waals surface area contributed by atoms with E-state index < -0.39 is 0 Å². The van der Waals surface area contributed by atoms with Gasteiger partial charge in [0, 0.05) is 19.7 Å². The number of nitrogens with zero attached hydrogens (tertiary/aromatic N) is 5. The summed E-state index contributed by atoms with van der Waals surface area (Å²) in [6.07, 6.45) is 0. The van der Waals surface area contributed by atoms with E-state index >= 15 is 0 Å². The Bertz CT molecular complexity index is 510. The number of hydrogen-bond donors (Lipinski definition) is 0.